The maximum absolute atomic E-state index is 11.7. The van der Waals surface area contributed by atoms with Crippen molar-refractivity contribution in [2.75, 3.05) is 7.11 Å². The predicted molar refractivity (Wildman–Crippen MR) is 76.8 cm³/mol. The number of esters is 1. The van der Waals surface area contributed by atoms with Gasteiger partial charge in [-0.05, 0) is 42.3 Å². The Morgan fingerprint density at radius 2 is 2.22 bits per heavy atom. The Morgan fingerprint density at radius 1 is 1.50 bits per heavy atom. The third-order valence-corrected chi connectivity index (χ3v) is 4.50. The van der Waals surface area contributed by atoms with Crippen LogP contribution >= 0.6 is 27.3 Å². The molecule has 0 saturated carbocycles. The second-order valence-corrected chi connectivity index (χ2v) is 6.82. The van der Waals surface area contributed by atoms with Gasteiger partial charge in [0.1, 0.15) is 0 Å². The zero-order chi connectivity index (χ0) is 13.3. The summed E-state index contributed by atoms with van der Waals surface area (Å²) in [5.74, 6) is -0.183. The average Bonchev–Trinajstić information content (AvgIpc) is 2.71. The van der Waals surface area contributed by atoms with Crippen molar-refractivity contribution in [2.45, 2.75) is 20.3 Å². The smallest absolute Gasteiger partial charge is 0.311 e. The highest BCUT2D eigenvalue weighted by Gasteiger charge is 2.29. The number of hydrogen-bond donors (Lipinski definition) is 0. The van der Waals surface area contributed by atoms with Crippen LogP contribution in [0.3, 0.4) is 0 Å². The number of thiophene rings is 1. The van der Waals surface area contributed by atoms with Crippen molar-refractivity contribution < 1.29 is 9.53 Å². The van der Waals surface area contributed by atoms with E-state index < -0.39 is 5.41 Å². The fourth-order valence-electron chi connectivity index (χ4n) is 1.85. The number of fused-ring (bicyclic) bond motifs is 1. The van der Waals surface area contributed by atoms with E-state index in [2.05, 4.69) is 27.0 Å². The molecule has 3 nitrogen and oxygen atoms in total. The molecular formula is C13H14BrNO2S. The Hall–Kier alpha value is -0.940. The Morgan fingerprint density at radius 3 is 2.83 bits per heavy atom. The molecule has 0 aliphatic rings. The fourth-order valence-corrected chi connectivity index (χ4v) is 3.71. The van der Waals surface area contributed by atoms with Crippen LogP contribution in [0.2, 0.25) is 0 Å². The van der Waals surface area contributed by atoms with Crippen molar-refractivity contribution in [3.63, 3.8) is 0 Å². The number of carbonyl (C=O) groups excluding carboxylic acids is 1. The molecule has 0 saturated heterocycles. The van der Waals surface area contributed by atoms with E-state index in [1.54, 1.807) is 17.5 Å². The van der Waals surface area contributed by atoms with Gasteiger partial charge in [0.05, 0.1) is 17.2 Å². The van der Waals surface area contributed by atoms with Gasteiger partial charge in [-0.1, -0.05) is 0 Å². The van der Waals surface area contributed by atoms with Crippen LogP contribution in [0.4, 0.5) is 0 Å². The summed E-state index contributed by atoms with van der Waals surface area (Å²) < 4.78 is 6.94. The maximum atomic E-state index is 11.7. The SMILES string of the molecule is COC(=O)C(C)(C)Cc1cc2c(Br)cncc2s1. The molecule has 0 aliphatic heterocycles. The first kappa shape index (κ1) is 13.5. The van der Waals surface area contributed by atoms with Crippen molar-refractivity contribution in [2.24, 2.45) is 5.41 Å². The highest BCUT2D eigenvalue weighted by Crippen LogP contribution is 2.34. The lowest BCUT2D eigenvalue weighted by Crippen LogP contribution is -2.27. The highest BCUT2D eigenvalue weighted by atomic mass is 79.9. The molecule has 0 bridgehead atoms. The highest BCUT2D eigenvalue weighted by molar-refractivity contribution is 9.10. The van der Waals surface area contributed by atoms with E-state index in [0.717, 1.165) is 19.4 Å². The monoisotopic (exact) mass is 327 g/mol. The summed E-state index contributed by atoms with van der Waals surface area (Å²) in [5.41, 5.74) is -0.504. The van der Waals surface area contributed by atoms with Crippen LogP contribution in [-0.4, -0.2) is 18.1 Å². The van der Waals surface area contributed by atoms with E-state index in [9.17, 15) is 4.79 Å². The van der Waals surface area contributed by atoms with Crippen LogP contribution in [-0.2, 0) is 16.0 Å². The van der Waals surface area contributed by atoms with Crippen molar-refractivity contribution >= 4 is 43.3 Å². The summed E-state index contributed by atoms with van der Waals surface area (Å²) in [5, 5.41) is 1.14. The van der Waals surface area contributed by atoms with Gasteiger partial charge in [0.2, 0.25) is 0 Å². The summed E-state index contributed by atoms with van der Waals surface area (Å²) in [7, 11) is 1.43. The molecule has 0 aromatic carbocycles. The number of methoxy groups -OCH3 is 1. The van der Waals surface area contributed by atoms with Crippen LogP contribution in [0.25, 0.3) is 10.1 Å². The van der Waals surface area contributed by atoms with Gasteiger partial charge in [0, 0.05) is 27.1 Å². The number of nitrogens with zero attached hydrogens (tertiary/aromatic N) is 1. The number of hydrogen-bond acceptors (Lipinski definition) is 4. The molecule has 0 radical (unpaired) electrons. The quantitative estimate of drug-likeness (QED) is 0.805. The minimum Gasteiger partial charge on any atom is -0.469 e. The van der Waals surface area contributed by atoms with Crippen molar-refractivity contribution in [3.8, 4) is 0 Å². The topological polar surface area (TPSA) is 39.2 Å². The minimum absolute atomic E-state index is 0.183. The first-order valence-electron chi connectivity index (χ1n) is 5.54. The molecule has 5 heteroatoms. The van der Waals surface area contributed by atoms with Crippen molar-refractivity contribution in [1.82, 2.24) is 4.98 Å². The molecule has 0 aliphatic carbocycles. The zero-order valence-electron chi connectivity index (χ0n) is 10.5. The lowest BCUT2D eigenvalue weighted by molar-refractivity contribution is -0.150. The number of carbonyl (C=O) groups is 1. The van der Waals surface area contributed by atoms with Crippen LogP contribution in [0.5, 0.6) is 0 Å². The second-order valence-electron chi connectivity index (χ2n) is 4.80. The van der Waals surface area contributed by atoms with E-state index in [4.69, 9.17) is 4.74 Å². The molecule has 0 amide bonds. The summed E-state index contributed by atoms with van der Waals surface area (Å²) in [4.78, 5) is 17.0. The summed E-state index contributed by atoms with van der Waals surface area (Å²) in [6.07, 6.45) is 4.30. The fraction of sp³-hybridized carbons (Fsp3) is 0.385. The number of pyridine rings is 1. The molecule has 18 heavy (non-hydrogen) atoms. The molecule has 2 aromatic rings. The summed E-state index contributed by atoms with van der Waals surface area (Å²) in [6, 6.07) is 2.11. The Kier molecular flexibility index (Phi) is 3.73. The van der Waals surface area contributed by atoms with Crippen LogP contribution in [0.1, 0.15) is 18.7 Å². The van der Waals surface area contributed by atoms with Gasteiger partial charge < -0.3 is 4.74 Å². The summed E-state index contributed by atoms with van der Waals surface area (Å²) >= 11 is 5.15. The van der Waals surface area contributed by atoms with Gasteiger partial charge in [-0.3, -0.25) is 9.78 Å². The van der Waals surface area contributed by atoms with Crippen molar-refractivity contribution in [1.29, 1.82) is 0 Å². The maximum Gasteiger partial charge on any atom is 0.311 e. The lowest BCUT2D eigenvalue weighted by atomic mass is 9.89. The average molecular weight is 328 g/mol. The van der Waals surface area contributed by atoms with Gasteiger partial charge in [-0.2, -0.15) is 0 Å². The van der Waals surface area contributed by atoms with Crippen LogP contribution in [0.15, 0.2) is 22.9 Å². The molecule has 2 heterocycles. The zero-order valence-corrected chi connectivity index (χ0v) is 12.9. The predicted octanol–water partition coefficient (Wildman–Crippen LogP) is 3.80. The van der Waals surface area contributed by atoms with Crippen molar-refractivity contribution in [3.05, 3.63) is 27.8 Å². The third-order valence-electron chi connectivity index (χ3n) is 2.80. The molecule has 0 atom stereocenters. The molecule has 0 N–H and O–H groups in total. The Bertz CT molecular complexity index is 592. The van der Waals surface area contributed by atoms with Gasteiger partial charge in [-0.25, -0.2) is 0 Å². The normalized spacial score (nSPS) is 11.8. The van der Waals surface area contributed by atoms with Gasteiger partial charge in [0.25, 0.3) is 0 Å². The Labute approximate surface area is 118 Å². The molecular weight excluding hydrogens is 314 g/mol. The summed E-state index contributed by atoms with van der Waals surface area (Å²) in [6.45, 7) is 3.80. The standard InChI is InChI=1S/C13H14BrNO2S/c1-13(2,12(16)17-3)5-8-4-9-10(14)6-15-7-11(9)18-8/h4,6-7H,5H2,1-3H3. The van der Waals surface area contributed by atoms with Crippen LogP contribution < -0.4 is 0 Å². The first-order chi connectivity index (χ1) is 8.44. The van der Waals surface area contributed by atoms with Gasteiger partial charge >= 0.3 is 5.97 Å². The molecule has 96 valence electrons. The largest absolute Gasteiger partial charge is 0.469 e. The molecule has 0 fully saturated rings. The molecule has 2 rings (SSSR count). The number of halogens is 1. The number of ether oxygens (including phenoxy) is 1. The van der Waals surface area contributed by atoms with E-state index in [0.29, 0.717) is 6.42 Å². The van der Waals surface area contributed by atoms with E-state index >= 15 is 0 Å². The van der Waals surface area contributed by atoms with Gasteiger partial charge in [0.15, 0.2) is 0 Å². The first-order valence-corrected chi connectivity index (χ1v) is 7.15. The van der Waals surface area contributed by atoms with Gasteiger partial charge in [-0.15, -0.1) is 11.3 Å². The second kappa shape index (κ2) is 4.97. The molecule has 0 spiro atoms. The van der Waals surface area contributed by atoms with E-state index in [1.165, 1.54) is 7.11 Å². The third kappa shape index (κ3) is 2.57. The molecule has 0 unspecified atom stereocenters. The van der Waals surface area contributed by atoms with E-state index in [1.807, 2.05) is 20.0 Å². The van der Waals surface area contributed by atoms with E-state index in [-0.39, 0.29) is 5.97 Å². The molecule has 2 aromatic heterocycles. The minimum atomic E-state index is -0.504. The Balaban J connectivity index is 2.33. The number of aromatic nitrogens is 1. The lowest BCUT2D eigenvalue weighted by Gasteiger charge is -2.20. The number of rotatable bonds is 3. The van der Waals surface area contributed by atoms with Crippen LogP contribution in [0, 0.1) is 5.41 Å².